The van der Waals surface area contributed by atoms with E-state index in [0.29, 0.717) is 25.2 Å². The van der Waals surface area contributed by atoms with Gasteiger partial charge in [0.25, 0.3) is 0 Å². The van der Waals surface area contributed by atoms with Gasteiger partial charge in [-0.15, -0.1) is 0 Å². The summed E-state index contributed by atoms with van der Waals surface area (Å²) in [6.45, 7) is 2.62. The van der Waals surface area contributed by atoms with Gasteiger partial charge in [-0.1, -0.05) is 13.8 Å². The van der Waals surface area contributed by atoms with Gasteiger partial charge in [0.1, 0.15) is 12.4 Å². The van der Waals surface area contributed by atoms with Crippen molar-refractivity contribution in [3.05, 3.63) is 0 Å². The van der Waals surface area contributed by atoms with E-state index in [0.717, 1.165) is 0 Å². The van der Waals surface area contributed by atoms with Crippen LogP contribution in [-0.2, 0) is 9.53 Å². The summed E-state index contributed by atoms with van der Waals surface area (Å²) in [5.74, 6) is 0.384. The maximum absolute atomic E-state index is 11.6. The minimum atomic E-state index is -4.28. The Morgan fingerprint density at radius 1 is 1.33 bits per heavy atom. The molecule has 0 radical (unpaired) electrons. The second kappa shape index (κ2) is 6.82. The van der Waals surface area contributed by atoms with Gasteiger partial charge in [-0.05, 0) is 12.3 Å². The largest absolute Gasteiger partial charge is 0.411 e. The van der Waals surface area contributed by atoms with Crippen molar-refractivity contribution in [2.75, 3.05) is 13.2 Å². The third-order valence-corrected chi connectivity index (χ3v) is 1.65. The maximum Gasteiger partial charge on any atom is 0.411 e. The summed E-state index contributed by atoms with van der Waals surface area (Å²) >= 11 is 0. The molecule has 0 saturated carbocycles. The molecule has 0 aliphatic carbocycles. The van der Waals surface area contributed by atoms with E-state index >= 15 is 0 Å². The van der Waals surface area contributed by atoms with Crippen LogP contribution >= 0.6 is 0 Å². The molecule has 0 aromatic rings. The molecule has 0 bridgehead atoms. The lowest BCUT2D eigenvalue weighted by molar-refractivity contribution is -0.174. The molecule has 0 N–H and O–H groups in total. The van der Waals surface area contributed by atoms with Crippen LogP contribution in [0.4, 0.5) is 13.2 Å². The molecule has 0 aromatic carbocycles. The quantitative estimate of drug-likeness (QED) is 0.624. The molecular weight excluding hydrogens is 209 g/mol. The third kappa shape index (κ3) is 11.3. The summed E-state index contributed by atoms with van der Waals surface area (Å²) in [6.07, 6.45) is -3.13. The van der Waals surface area contributed by atoms with Crippen LogP contribution in [0.5, 0.6) is 0 Å². The molecule has 0 fully saturated rings. The second-order valence-corrected chi connectivity index (χ2v) is 3.91. The Morgan fingerprint density at radius 2 is 1.93 bits per heavy atom. The molecule has 0 aromatic heterocycles. The van der Waals surface area contributed by atoms with Crippen molar-refractivity contribution in [3.63, 3.8) is 0 Å². The van der Waals surface area contributed by atoms with Crippen molar-refractivity contribution in [2.45, 2.75) is 39.3 Å². The van der Waals surface area contributed by atoms with Crippen molar-refractivity contribution < 1.29 is 22.7 Å². The molecule has 0 rings (SSSR count). The second-order valence-electron chi connectivity index (χ2n) is 3.91. The van der Waals surface area contributed by atoms with Crippen molar-refractivity contribution in [1.82, 2.24) is 0 Å². The predicted molar refractivity (Wildman–Crippen MR) is 50.6 cm³/mol. The van der Waals surface area contributed by atoms with Gasteiger partial charge < -0.3 is 4.74 Å². The fourth-order valence-corrected chi connectivity index (χ4v) is 1.12. The number of halogens is 3. The van der Waals surface area contributed by atoms with Crippen molar-refractivity contribution in [3.8, 4) is 0 Å². The topological polar surface area (TPSA) is 26.3 Å². The Labute approximate surface area is 87.8 Å². The number of hydrogen-bond donors (Lipinski definition) is 0. The van der Waals surface area contributed by atoms with Crippen LogP contribution < -0.4 is 0 Å². The van der Waals surface area contributed by atoms with E-state index in [-0.39, 0.29) is 12.4 Å². The van der Waals surface area contributed by atoms with Crippen molar-refractivity contribution in [1.29, 1.82) is 0 Å². The van der Waals surface area contributed by atoms with Gasteiger partial charge in [0.05, 0.1) is 0 Å². The monoisotopic (exact) mass is 226 g/mol. The molecular formula is C10H17F3O2. The van der Waals surface area contributed by atoms with Gasteiger partial charge in [-0.25, -0.2) is 0 Å². The standard InChI is InChI=1S/C10H17F3O2/c1-8(2)6-9(14)4-3-5-15-7-10(11,12)13/h8H,3-7H2,1-2H3. The van der Waals surface area contributed by atoms with Crippen LogP contribution in [0, 0.1) is 5.92 Å². The molecule has 5 heteroatoms. The Kier molecular flexibility index (Phi) is 6.56. The Bertz CT molecular complexity index is 188. The number of carbonyl (C=O) groups excluding carboxylic acids is 1. The average molecular weight is 226 g/mol. The summed E-state index contributed by atoms with van der Waals surface area (Å²) in [5, 5.41) is 0. The molecule has 90 valence electrons. The summed E-state index contributed by atoms with van der Waals surface area (Å²) in [4.78, 5) is 11.1. The van der Waals surface area contributed by atoms with Crippen molar-refractivity contribution >= 4 is 5.78 Å². The molecule has 0 atom stereocenters. The zero-order valence-electron chi connectivity index (χ0n) is 9.06. The van der Waals surface area contributed by atoms with Crippen LogP contribution in [0.25, 0.3) is 0 Å². The minimum absolute atomic E-state index is 0.0106. The Balaban J connectivity index is 3.35. The number of rotatable bonds is 7. The van der Waals surface area contributed by atoms with Gasteiger partial charge in [-0.2, -0.15) is 13.2 Å². The zero-order chi connectivity index (χ0) is 11.9. The molecule has 0 aliphatic rings. The van der Waals surface area contributed by atoms with E-state index in [1.807, 2.05) is 13.8 Å². The first-order valence-corrected chi connectivity index (χ1v) is 4.97. The summed E-state index contributed by atoms with van der Waals surface area (Å²) in [5.41, 5.74) is 0. The number of alkyl halides is 3. The summed E-state index contributed by atoms with van der Waals surface area (Å²) in [7, 11) is 0. The molecule has 0 saturated heterocycles. The molecule has 15 heavy (non-hydrogen) atoms. The highest BCUT2D eigenvalue weighted by Gasteiger charge is 2.27. The fraction of sp³-hybridized carbons (Fsp3) is 0.900. The lowest BCUT2D eigenvalue weighted by Gasteiger charge is -2.07. The van der Waals surface area contributed by atoms with Crippen LogP contribution in [0.2, 0.25) is 0 Å². The van der Waals surface area contributed by atoms with Crippen LogP contribution in [0.3, 0.4) is 0 Å². The normalized spacial score (nSPS) is 12.1. The Morgan fingerprint density at radius 3 is 2.40 bits per heavy atom. The smallest absolute Gasteiger partial charge is 0.372 e. The average Bonchev–Trinajstić information content (AvgIpc) is 1.99. The van der Waals surface area contributed by atoms with Gasteiger partial charge in [0.2, 0.25) is 0 Å². The number of hydrogen-bond acceptors (Lipinski definition) is 2. The molecule has 0 aliphatic heterocycles. The lowest BCUT2D eigenvalue weighted by Crippen LogP contribution is -2.17. The molecule has 0 unspecified atom stereocenters. The molecule has 0 heterocycles. The fourth-order valence-electron chi connectivity index (χ4n) is 1.12. The SMILES string of the molecule is CC(C)CC(=O)CCCOCC(F)(F)F. The first-order chi connectivity index (χ1) is 6.81. The number of ether oxygens (including phenoxy) is 1. The van der Waals surface area contributed by atoms with Gasteiger partial charge in [-0.3, -0.25) is 4.79 Å². The highest BCUT2D eigenvalue weighted by atomic mass is 19.4. The highest BCUT2D eigenvalue weighted by Crippen LogP contribution is 2.14. The van der Waals surface area contributed by atoms with E-state index in [1.54, 1.807) is 0 Å². The van der Waals surface area contributed by atoms with Crippen LogP contribution in [0.1, 0.15) is 33.1 Å². The Hall–Kier alpha value is -0.580. The number of Topliss-reactive ketones (excluding diaryl/α,β-unsaturated/α-hetero) is 1. The maximum atomic E-state index is 11.6. The van der Waals surface area contributed by atoms with Crippen LogP contribution in [-0.4, -0.2) is 25.2 Å². The molecule has 2 nitrogen and oxygen atoms in total. The minimum Gasteiger partial charge on any atom is -0.372 e. The number of carbonyl (C=O) groups is 1. The third-order valence-electron chi connectivity index (χ3n) is 1.65. The first-order valence-electron chi connectivity index (χ1n) is 4.97. The first kappa shape index (κ1) is 14.4. The molecule has 0 amide bonds. The van der Waals surface area contributed by atoms with Crippen molar-refractivity contribution in [2.24, 2.45) is 5.92 Å². The number of ketones is 1. The van der Waals surface area contributed by atoms with E-state index in [4.69, 9.17) is 0 Å². The highest BCUT2D eigenvalue weighted by molar-refractivity contribution is 5.78. The van der Waals surface area contributed by atoms with Gasteiger partial charge >= 0.3 is 6.18 Å². The zero-order valence-corrected chi connectivity index (χ0v) is 9.06. The summed E-state index contributed by atoms with van der Waals surface area (Å²) < 4.78 is 39.2. The van der Waals surface area contributed by atoms with E-state index < -0.39 is 12.8 Å². The van der Waals surface area contributed by atoms with E-state index in [9.17, 15) is 18.0 Å². The lowest BCUT2D eigenvalue weighted by atomic mass is 10.0. The van der Waals surface area contributed by atoms with Gasteiger partial charge in [0.15, 0.2) is 0 Å². The predicted octanol–water partition coefficient (Wildman–Crippen LogP) is 2.96. The van der Waals surface area contributed by atoms with Gasteiger partial charge in [0, 0.05) is 19.4 Å². The van der Waals surface area contributed by atoms with Crippen LogP contribution in [0.15, 0.2) is 0 Å². The van der Waals surface area contributed by atoms with E-state index in [2.05, 4.69) is 4.74 Å². The molecule has 0 spiro atoms. The van der Waals surface area contributed by atoms with E-state index in [1.165, 1.54) is 0 Å². The summed E-state index contributed by atoms with van der Waals surface area (Å²) in [6, 6.07) is 0.